The number of rotatable bonds is 6. The van der Waals surface area contributed by atoms with Crippen LogP contribution in [0.5, 0.6) is 0 Å². The molecule has 0 aliphatic carbocycles. The Balaban J connectivity index is 1.51. The Morgan fingerprint density at radius 3 is 2.47 bits per heavy atom. The number of anilines is 1. The van der Waals surface area contributed by atoms with E-state index in [-0.39, 0.29) is 17.9 Å². The maximum atomic E-state index is 12.7. The number of amides is 2. The smallest absolute Gasteiger partial charge is 0.347 e. The Kier molecular flexibility index (Phi) is 6.83. The number of non-ortho nitro benzene ring substituents is 1. The van der Waals surface area contributed by atoms with Crippen molar-refractivity contribution in [2.24, 2.45) is 0 Å². The van der Waals surface area contributed by atoms with Crippen LogP contribution in [0.25, 0.3) is 10.6 Å². The summed E-state index contributed by atoms with van der Waals surface area (Å²) in [7, 11) is 0. The Hall–Kier alpha value is -3.80. The summed E-state index contributed by atoms with van der Waals surface area (Å²) in [5.41, 5.74) is 0.277. The second-order valence-corrected chi connectivity index (χ2v) is 7.34. The molecule has 0 aliphatic rings. The van der Waals surface area contributed by atoms with Crippen molar-refractivity contribution in [3.05, 3.63) is 75.3 Å². The molecule has 3 aromatic rings. The predicted molar refractivity (Wildman–Crippen MR) is 111 cm³/mol. The van der Waals surface area contributed by atoms with Crippen LogP contribution in [-0.2, 0) is 22.2 Å². The first-order valence-electron chi connectivity index (χ1n) is 9.09. The van der Waals surface area contributed by atoms with E-state index >= 15 is 0 Å². The number of halogens is 3. The monoisotopic (exact) mass is 464 g/mol. The fourth-order valence-corrected chi connectivity index (χ4v) is 3.49. The molecular weight excluding hydrogens is 449 g/mol. The third-order valence-electron chi connectivity index (χ3n) is 4.20. The minimum atomic E-state index is -4.41. The van der Waals surface area contributed by atoms with E-state index in [9.17, 15) is 32.9 Å². The molecular formula is C20H15F3N4O4S. The van der Waals surface area contributed by atoms with E-state index in [0.29, 0.717) is 22.7 Å². The van der Waals surface area contributed by atoms with Gasteiger partial charge in [0.05, 0.1) is 16.2 Å². The summed E-state index contributed by atoms with van der Waals surface area (Å²) < 4.78 is 38.0. The zero-order valence-corrected chi connectivity index (χ0v) is 17.0. The third kappa shape index (κ3) is 5.88. The van der Waals surface area contributed by atoms with Gasteiger partial charge in [0.1, 0.15) is 5.01 Å². The fraction of sp³-hybridized carbons (Fsp3) is 0.150. The normalized spacial score (nSPS) is 11.1. The summed E-state index contributed by atoms with van der Waals surface area (Å²) in [5.74, 6) is -1.90. The van der Waals surface area contributed by atoms with Crippen LogP contribution in [0.3, 0.4) is 0 Å². The SMILES string of the molecule is O=C(NCCc1csc(-c2ccc(C(F)(F)F)cc2)n1)C(=O)Nc1cccc([N+](=O)[O-])c1. The molecule has 3 rings (SSSR count). The molecule has 0 radical (unpaired) electrons. The lowest BCUT2D eigenvalue weighted by atomic mass is 10.1. The molecule has 32 heavy (non-hydrogen) atoms. The number of alkyl halides is 3. The van der Waals surface area contributed by atoms with Gasteiger partial charge in [-0.1, -0.05) is 18.2 Å². The number of nitro benzene ring substituents is 1. The van der Waals surface area contributed by atoms with Gasteiger partial charge in [0, 0.05) is 41.7 Å². The first kappa shape index (κ1) is 22.9. The van der Waals surface area contributed by atoms with E-state index in [4.69, 9.17) is 0 Å². The quantitative estimate of drug-likeness (QED) is 0.325. The number of hydrogen-bond donors (Lipinski definition) is 2. The van der Waals surface area contributed by atoms with Crippen LogP contribution >= 0.6 is 11.3 Å². The lowest BCUT2D eigenvalue weighted by Crippen LogP contribution is -2.36. The minimum Gasteiger partial charge on any atom is -0.347 e. The number of aromatic nitrogens is 1. The molecule has 0 bridgehead atoms. The second kappa shape index (κ2) is 9.56. The van der Waals surface area contributed by atoms with Gasteiger partial charge in [-0.3, -0.25) is 19.7 Å². The van der Waals surface area contributed by atoms with Crippen LogP contribution in [-0.4, -0.2) is 28.3 Å². The van der Waals surface area contributed by atoms with Crippen molar-refractivity contribution in [3.8, 4) is 10.6 Å². The molecule has 8 nitrogen and oxygen atoms in total. The Bertz CT molecular complexity index is 1150. The average Bonchev–Trinajstić information content (AvgIpc) is 3.22. The number of hydrogen-bond acceptors (Lipinski definition) is 6. The highest BCUT2D eigenvalue weighted by atomic mass is 32.1. The Labute approximate surface area is 183 Å². The highest BCUT2D eigenvalue weighted by Gasteiger charge is 2.30. The van der Waals surface area contributed by atoms with Gasteiger partial charge in [-0.05, 0) is 18.2 Å². The van der Waals surface area contributed by atoms with Crippen LogP contribution in [0.15, 0.2) is 53.9 Å². The molecule has 166 valence electrons. The van der Waals surface area contributed by atoms with Gasteiger partial charge in [0.25, 0.3) is 5.69 Å². The van der Waals surface area contributed by atoms with Gasteiger partial charge >= 0.3 is 18.0 Å². The lowest BCUT2D eigenvalue weighted by Gasteiger charge is -2.06. The molecule has 0 unspecified atom stereocenters. The van der Waals surface area contributed by atoms with Crippen LogP contribution in [0, 0.1) is 10.1 Å². The predicted octanol–water partition coefficient (Wildman–Crippen LogP) is 4.03. The highest BCUT2D eigenvalue weighted by molar-refractivity contribution is 7.13. The van der Waals surface area contributed by atoms with E-state index < -0.39 is 28.5 Å². The summed E-state index contributed by atoms with van der Waals surface area (Å²) in [6, 6.07) is 9.81. The van der Waals surface area contributed by atoms with Crippen molar-refractivity contribution in [2.75, 3.05) is 11.9 Å². The number of carbonyl (C=O) groups excluding carboxylic acids is 2. The van der Waals surface area contributed by atoms with E-state index in [1.54, 1.807) is 5.38 Å². The Morgan fingerprint density at radius 2 is 1.81 bits per heavy atom. The van der Waals surface area contributed by atoms with Gasteiger partial charge in [-0.2, -0.15) is 13.2 Å². The summed E-state index contributed by atoms with van der Waals surface area (Å²) >= 11 is 1.25. The zero-order valence-electron chi connectivity index (χ0n) is 16.2. The van der Waals surface area contributed by atoms with Gasteiger partial charge < -0.3 is 10.6 Å². The van der Waals surface area contributed by atoms with E-state index in [2.05, 4.69) is 15.6 Å². The number of thiazole rings is 1. The number of nitro groups is 1. The molecule has 0 saturated carbocycles. The molecule has 0 atom stereocenters. The molecule has 2 aromatic carbocycles. The van der Waals surface area contributed by atoms with E-state index in [1.807, 2.05) is 0 Å². The molecule has 2 N–H and O–H groups in total. The van der Waals surface area contributed by atoms with Crippen LogP contribution in [0.2, 0.25) is 0 Å². The molecule has 2 amide bonds. The second-order valence-electron chi connectivity index (χ2n) is 6.49. The molecule has 0 spiro atoms. The Morgan fingerprint density at radius 1 is 1.09 bits per heavy atom. The van der Waals surface area contributed by atoms with Crippen molar-refractivity contribution in [2.45, 2.75) is 12.6 Å². The minimum absolute atomic E-state index is 0.0946. The lowest BCUT2D eigenvalue weighted by molar-refractivity contribution is -0.384. The first-order valence-corrected chi connectivity index (χ1v) is 9.97. The molecule has 0 aliphatic heterocycles. The van der Waals surface area contributed by atoms with Crippen LogP contribution < -0.4 is 10.6 Å². The average molecular weight is 464 g/mol. The van der Waals surface area contributed by atoms with Crippen LogP contribution in [0.1, 0.15) is 11.3 Å². The number of carbonyl (C=O) groups is 2. The number of nitrogens with one attached hydrogen (secondary N) is 2. The molecule has 0 fully saturated rings. The van der Waals surface area contributed by atoms with Crippen LogP contribution in [0.4, 0.5) is 24.5 Å². The summed E-state index contributed by atoms with van der Waals surface area (Å²) in [6.07, 6.45) is -4.11. The maximum Gasteiger partial charge on any atom is 0.416 e. The molecule has 0 saturated heterocycles. The van der Waals surface area contributed by atoms with Gasteiger partial charge in [-0.25, -0.2) is 4.98 Å². The summed E-state index contributed by atoms with van der Waals surface area (Å²) in [5, 5.41) is 17.7. The largest absolute Gasteiger partial charge is 0.416 e. The van der Waals surface area contributed by atoms with Crippen molar-refractivity contribution < 1.29 is 27.7 Å². The summed E-state index contributed by atoms with van der Waals surface area (Å²) in [4.78, 5) is 38.3. The fourth-order valence-electron chi connectivity index (χ4n) is 2.63. The van der Waals surface area contributed by atoms with Gasteiger partial charge in [0.2, 0.25) is 0 Å². The standard InChI is InChI=1S/C20H15F3N4O4S/c21-20(22,23)13-6-4-12(5-7-13)19-26-15(11-32-19)8-9-24-17(28)18(29)25-14-2-1-3-16(10-14)27(30)31/h1-7,10-11H,8-9H2,(H,24,28)(H,25,29). The number of nitrogens with zero attached hydrogens (tertiary/aromatic N) is 2. The molecule has 1 heterocycles. The van der Waals surface area contributed by atoms with E-state index in [0.717, 1.165) is 18.2 Å². The highest BCUT2D eigenvalue weighted by Crippen LogP contribution is 2.31. The van der Waals surface area contributed by atoms with E-state index in [1.165, 1.54) is 41.7 Å². The third-order valence-corrected chi connectivity index (χ3v) is 5.14. The molecule has 12 heteroatoms. The van der Waals surface area contributed by atoms with Gasteiger partial charge in [0.15, 0.2) is 0 Å². The van der Waals surface area contributed by atoms with Crippen molar-refractivity contribution in [1.29, 1.82) is 0 Å². The van der Waals surface area contributed by atoms with Crippen molar-refractivity contribution in [3.63, 3.8) is 0 Å². The number of benzene rings is 2. The van der Waals surface area contributed by atoms with Gasteiger partial charge in [-0.15, -0.1) is 11.3 Å². The van der Waals surface area contributed by atoms with Crippen molar-refractivity contribution >= 4 is 34.5 Å². The summed E-state index contributed by atoms with van der Waals surface area (Å²) in [6.45, 7) is 0.0946. The topological polar surface area (TPSA) is 114 Å². The van der Waals surface area contributed by atoms with Crippen molar-refractivity contribution in [1.82, 2.24) is 10.3 Å². The maximum absolute atomic E-state index is 12.7. The first-order chi connectivity index (χ1) is 15.1. The zero-order chi connectivity index (χ0) is 23.3. The molecule has 1 aromatic heterocycles.